The van der Waals surface area contributed by atoms with Crippen LogP contribution in [0, 0.1) is 0 Å². The lowest BCUT2D eigenvalue weighted by atomic mass is 10.1. The summed E-state index contributed by atoms with van der Waals surface area (Å²) in [4.78, 5) is 14.7. The van der Waals surface area contributed by atoms with E-state index in [9.17, 15) is 4.79 Å². The van der Waals surface area contributed by atoms with Gasteiger partial charge < -0.3 is 15.4 Å². The molecule has 0 bridgehead atoms. The molecule has 0 saturated carbocycles. The number of amides is 1. The quantitative estimate of drug-likeness (QED) is 0.826. The number of carbonyl (C=O) groups is 1. The third-order valence-electron chi connectivity index (χ3n) is 3.79. The van der Waals surface area contributed by atoms with Crippen LogP contribution in [-0.4, -0.2) is 34.5 Å². The minimum Gasteiger partial charge on any atom is -0.480 e. The molecule has 0 radical (unpaired) electrons. The van der Waals surface area contributed by atoms with Crippen molar-refractivity contribution in [2.75, 3.05) is 6.54 Å². The lowest BCUT2D eigenvalue weighted by Crippen LogP contribution is -2.48. The molecule has 19 heavy (non-hydrogen) atoms. The average Bonchev–Trinajstić information content (AvgIpc) is 3.04. The van der Waals surface area contributed by atoms with Gasteiger partial charge in [0.05, 0.1) is 11.0 Å². The Morgan fingerprint density at radius 1 is 1.42 bits per heavy atom. The van der Waals surface area contributed by atoms with Gasteiger partial charge in [-0.15, -0.1) is 0 Å². The van der Waals surface area contributed by atoms with Gasteiger partial charge in [0.25, 0.3) is 5.91 Å². The van der Waals surface area contributed by atoms with E-state index in [1.54, 1.807) is 4.90 Å². The molecule has 2 heterocycles. The Morgan fingerprint density at radius 2 is 2.21 bits per heavy atom. The van der Waals surface area contributed by atoms with Crippen LogP contribution in [0.3, 0.4) is 0 Å². The zero-order valence-electron chi connectivity index (χ0n) is 10.5. The maximum Gasteiger partial charge on any atom is 0.264 e. The van der Waals surface area contributed by atoms with E-state index >= 15 is 0 Å². The Morgan fingerprint density at radius 3 is 2.95 bits per heavy atom. The number of para-hydroxylation sites is 1. The van der Waals surface area contributed by atoms with Crippen LogP contribution in [0.15, 0.2) is 24.3 Å². The summed E-state index contributed by atoms with van der Waals surface area (Å²) in [6.07, 6.45) is 2.02. The van der Waals surface area contributed by atoms with Crippen LogP contribution >= 0.6 is 12.2 Å². The second-order valence-corrected chi connectivity index (χ2v) is 5.48. The van der Waals surface area contributed by atoms with E-state index in [-0.39, 0.29) is 11.9 Å². The predicted molar refractivity (Wildman–Crippen MR) is 76.1 cm³/mol. The molecule has 2 unspecified atom stereocenters. The highest BCUT2D eigenvalue weighted by molar-refractivity contribution is 7.80. The summed E-state index contributed by atoms with van der Waals surface area (Å²) in [5.41, 5.74) is 6.80. The third kappa shape index (κ3) is 2.18. The number of carbonyl (C=O) groups excluding carboxylic acids is 1. The summed E-state index contributed by atoms with van der Waals surface area (Å²) in [5, 5.41) is 0. The van der Waals surface area contributed by atoms with Crippen molar-refractivity contribution in [1.82, 2.24) is 4.90 Å². The topological polar surface area (TPSA) is 55.6 Å². The molecule has 0 spiro atoms. The molecule has 4 nitrogen and oxygen atoms in total. The Bertz CT molecular complexity index is 507. The number of nitrogens with zero attached hydrogens (tertiary/aromatic N) is 1. The van der Waals surface area contributed by atoms with Gasteiger partial charge in [-0.2, -0.15) is 0 Å². The summed E-state index contributed by atoms with van der Waals surface area (Å²) >= 11 is 5.04. The van der Waals surface area contributed by atoms with Gasteiger partial charge in [0.1, 0.15) is 5.75 Å². The van der Waals surface area contributed by atoms with E-state index < -0.39 is 6.10 Å². The van der Waals surface area contributed by atoms with Crippen LogP contribution in [0.2, 0.25) is 0 Å². The number of rotatable bonds is 2. The van der Waals surface area contributed by atoms with Gasteiger partial charge in [-0.25, -0.2) is 0 Å². The summed E-state index contributed by atoms with van der Waals surface area (Å²) in [6, 6.07) is 7.67. The third-order valence-corrected chi connectivity index (χ3v) is 4.06. The first-order valence-corrected chi connectivity index (χ1v) is 6.92. The van der Waals surface area contributed by atoms with Gasteiger partial charge in [0.2, 0.25) is 0 Å². The zero-order chi connectivity index (χ0) is 13.4. The van der Waals surface area contributed by atoms with Gasteiger partial charge in [-0.1, -0.05) is 30.4 Å². The van der Waals surface area contributed by atoms with Crippen molar-refractivity contribution in [2.24, 2.45) is 5.73 Å². The highest BCUT2D eigenvalue weighted by Crippen LogP contribution is 2.30. The molecular formula is C14H16N2O2S. The van der Waals surface area contributed by atoms with E-state index in [2.05, 4.69) is 0 Å². The first-order valence-electron chi connectivity index (χ1n) is 6.51. The fourth-order valence-corrected chi connectivity index (χ4v) is 3.08. The van der Waals surface area contributed by atoms with Gasteiger partial charge in [-0.3, -0.25) is 4.79 Å². The van der Waals surface area contributed by atoms with Crippen LogP contribution < -0.4 is 10.5 Å². The number of fused-ring (bicyclic) bond motifs is 1. The number of ether oxygens (including phenoxy) is 1. The van der Waals surface area contributed by atoms with Crippen LogP contribution in [0.5, 0.6) is 5.75 Å². The van der Waals surface area contributed by atoms with E-state index in [0.29, 0.717) is 11.4 Å². The molecule has 0 aromatic heterocycles. The molecule has 1 aromatic carbocycles. The molecule has 0 aliphatic carbocycles. The summed E-state index contributed by atoms with van der Waals surface area (Å²) in [7, 11) is 0. The first-order chi connectivity index (χ1) is 9.16. The van der Waals surface area contributed by atoms with Crippen molar-refractivity contribution in [3.8, 4) is 5.75 Å². The summed E-state index contributed by atoms with van der Waals surface area (Å²) in [5.74, 6) is 0.818. The first kappa shape index (κ1) is 12.4. The molecule has 1 amide bonds. The SMILES string of the molecule is NC(=S)C1CCCN1C(=O)C1Cc2ccccc2O1. The van der Waals surface area contributed by atoms with Gasteiger partial charge in [0.15, 0.2) is 6.10 Å². The standard InChI is InChI=1S/C14H16N2O2S/c15-13(19)10-5-3-7-16(10)14(17)12-8-9-4-1-2-6-11(9)18-12/h1-2,4,6,10,12H,3,5,7-8H2,(H2,15,19). The normalized spacial score (nSPS) is 24.9. The Hall–Kier alpha value is -1.62. The van der Waals surface area contributed by atoms with Crippen molar-refractivity contribution in [1.29, 1.82) is 0 Å². The molecule has 1 saturated heterocycles. The summed E-state index contributed by atoms with van der Waals surface area (Å²) < 4.78 is 5.73. The number of benzene rings is 1. The second-order valence-electron chi connectivity index (χ2n) is 5.01. The molecule has 2 atom stereocenters. The van der Waals surface area contributed by atoms with Gasteiger partial charge >= 0.3 is 0 Å². The maximum absolute atomic E-state index is 12.5. The highest BCUT2D eigenvalue weighted by atomic mass is 32.1. The fraction of sp³-hybridized carbons (Fsp3) is 0.429. The number of hydrogen-bond acceptors (Lipinski definition) is 3. The Balaban J connectivity index is 1.74. The number of thiocarbonyl (C=S) groups is 1. The van der Waals surface area contributed by atoms with Crippen molar-refractivity contribution < 1.29 is 9.53 Å². The van der Waals surface area contributed by atoms with Crippen LogP contribution in [0.4, 0.5) is 0 Å². The van der Waals surface area contributed by atoms with Crippen LogP contribution in [0.25, 0.3) is 0 Å². The van der Waals surface area contributed by atoms with E-state index in [0.717, 1.165) is 30.7 Å². The summed E-state index contributed by atoms with van der Waals surface area (Å²) in [6.45, 7) is 0.719. The van der Waals surface area contributed by atoms with Crippen molar-refractivity contribution >= 4 is 23.1 Å². The minimum atomic E-state index is -0.424. The average molecular weight is 276 g/mol. The van der Waals surface area contributed by atoms with Crippen molar-refractivity contribution in [3.05, 3.63) is 29.8 Å². The van der Waals surface area contributed by atoms with Crippen molar-refractivity contribution in [3.63, 3.8) is 0 Å². The monoisotopic (exact) mass is 276 g/mol. The molecule has 1 aromatic rings. The largest absolute Gasteiger partial charge is 0.480 e. The molecule has 2 N–H and O–H groups in total. The molecule has 1 fully saturated rings. The molecule has 3 rings (SSSR count). The molecular weight excluding hydrogens is 260 g/mol. The molecule has 2 aliphatic rings. The number of nitrogens with two attached hydrogens (primary N) is 1. The van der Waals surface area contributed by atoms with Crippen LogP contribution in [-0.2, 0) is 11.2 Å². The fourth-order valence-electron chi connectivity index (χ4n) is 2.83. The molecule has 5 heteroatoms. The van der Waals surface area contributed by atoms with Gasteiger partial charge in [0, 0.05) is 13.0 Å². The highest BCUT2D eigenvalue weighted by Gasteiger charge is 2.38. The predicted octanol–water partition coefficient (Wildman–Crippen LogP) is 1.27. The van der Waals surface area contributed by atoms with E-state index in [1.165, 1.54) is 0 Å². The van der Waals surface area contributed by atoms with Gasteiger partial charge in [-0.05, 0) is 24.5 Å². The second kappa shape index (κ2) is 4.81. The number of hydrogen-bond donors (Lipinski definition) is 1. The lowest BCUT2D eigenvalue weighted by molar-refractivity contribution is -0.137. The Kier molecular flexibility index (Phi) is 3.14. The smallest absolute Gasteiger partial charge is 0.264 e. The van der Waals surface area contributed by atoms with E-state index in [1.807, 2.05) is 24.3 Å². The molecule has 100 valence electrons. The lowest BCUT2D eigenvalue weighted by Gasteiger charge is -2.26. The van der Waals surface area contributed by atoms with Crippen LogP contribution in [0.1, 0.15) is 18.4 Å². The minimum absolute atomic E-state index is 0.00602. The zero-order valence-corrected chi connectivity index (χ0v) is 11.4. The molecule has 2 aliphatic heterocycles. The van der Waals surface area contributed by atoms with E-state index in [4.69, 9.17) is 22.7 Å². The maximum atomic E-state index is 12.5. The Labute approximate surface area is 117 Å². The van der Waals surface area contributed by atoms with Crippen molar-refractivity contribution in [2.45, 2.75) is 31.4 Å². The number of likely N-dealkylation sites (tertiary alicyclic amines) is 1.